The van der Waals surface area contributed by atoms with Crippen LogP contribution in [0.25, 0.3) is 0 Å². The normalized spacial score (nSPS) is 14.2. The predicted octanol–water partition coefficient (Wildman–Crippen LogP) is 6.64. The second-order valence-corrected chi connectivity index (χ2v) is 8.33. The highest BCUT2D eigenvalue weighted by atomic mass is 19.4. The molecule has 0 aliphatic carbocycles. The molecule has 0 atom stereocenters. The van der Waals surface area contributed by atoms with Gasteiger partial charge in [0, 0.05) is 35.6 Å². The van der Waals surface area contributed by atoms with Crippen LogP contribution in [0.4, 0.5) is 27.6 Å². The van der Waals surface area contributed by atoms with Crippen LogP contribution < -0.4 is 0 Å². The second-order valence-electron chi connectivity index (χ2n) is 8.33. The molecular formula is C25H26F5N3O. The summed E-state index contributed by atoms with van der Waals surface area (Å²) >= 11 is 0. The summed E-state index contributed by atoms with van der Waals surface area (Å²) in [5.74, 6) is -2.63. The van der Waals surface area contributed by atoms with Crippen LogP contribution in [0.15, 0.2) is 52.4 Å². The van der Waals surface area contributed by atoms with Crippen molar-refractivity contribution in [1.29, 1.82) is 0 Å². The number of alkyl halides is 5. The first-order chi connectivity index (χ1) is 16.0. The molecule has 0 saturated heterocycles. The van der Waals surface area contributed by atoms with Gasteiger partial charge in [-0.2, -0.15) is 17.9 Å². The first-order valence-electron chi connectivity index (χ1n) is 11.0. The number of unbranched alkanes of at least 4 members (excludes halogenated alkanes) is 1. The lowest BCUT2D eigenvalue weighted by Gasteiger charge is -2.16. The number of rotatable bonds is 10. The van der Waals surface area contributed by atoms with E-state index in [1.54, 1.807) is 18.2 Å². The fourth-order valence-electron chi connectivity index (χ4n) is 3.82. The number of aryl methyl sites for hydroxylation is 1. The Kier molecular flexibility index (Phi) is 7.84. The van der Waals surface area contributed by atoms with E-state index in [0.717, 1.165) is 0 Å². The molecule has 0 fully saturated rings. The van der Waals surface area contributed by atoms with E-state index in [9.17, 15) is 27.2 Å². The van der Waals surface area contributed by atoms with Gasteiger partial charge in [-0.15, -0.1) is 0 Å². The van der Waals surface area contributed by atoms with Crippen molar-refractivity contribution in [3.8, 4) is 0 Å². The van der Waals surface area contributed by atoms with Crippen LogP contribution in [-0.2, 0) is 12.8 Å². The van der Waals surface area contributed by atoms with Crippen molar-refractivity contribution in [2.24, 2.45) is 9.98 Å². The summed E-state index contributed by atoms with van der Waals surface area (Å²) in [7, 11) is 0. The fraction of sp³-hybridized carbons (Fsp3) is 0.400. The molecular weight excluding hydrogens is 453 g/mol. The molecule has 2 aromatic rings. The minimum Gasteiger partial charge on any atom is -0.619 e. The van der Waals surface area contributed by atoms with E-state index in [0.29, 0.717) is 40.0 Å². The van der Waals surface area contributed by atoms with Crippen LogP contribution in [0.1, 0.15) is 54.9 Å². The number of aliphatic imine (C=N–C) groups is 2. The second kappa shape index (κ2) is 10.4. The van der Waals surface area contributed by atoms with Gasteiger partial charge in [0.1, 0.15) is 6.72 Å². The Morgan fingerprint density at radius 2 is 1.76 bits per heavy atom. The lowest BCUT2D eigenvalue weighted by Crippen LogP contribution is -2.17. The van der Waals surface area contributed by atoms with Crippen molar-refractivity contribution in [3.63, 3.8) is 0 Å². The minimum absolute atomic E-state index is 0.0135. The van der Waals surface area contributed by atoms with Gasteiger partial charge in [0.2, 0.25) is 11.6 Å². The van der Waals surface area contributed by atoms with Gasteiger partial charge in [-0.05, 0) is 18.4 Å². The molecule has 9 heteroatoms. The first kappa shape index (κ1) is 25.5. The summed E-state index contributed by atoms with van der Waals surface area (Å²) in [6, 6.07) is 10.8. The third-order valence-electron chi connectivity index (χ3n) is 5.61. The highest BCUT2D eigenvalue weighted by Gasteiger charge is 2.30. The minimum atomic E-state index is -4.37. The molecule has 1 aliphatic heterocycles. The summed E-state index contributed by atoms with van der Waals surface area (Å²) < 4.78 is 67.4. The van der Waals surface area contributed by atoms with Gasteiger partial charge in [0.05, 0.1) is 18.7 Å². The Labute approximate surface area is 195 Å². The van der Waals surface area contributed by atoms with Crippen LogP contribution in [-0.4, -0.2) is 41.6 Å². The number of nitrogens with zero attached hydrogens (tertiary/aromatic N) is 3. The molecule has 0 unspecified atom stereocenters. The molecule has 0 spiro atoms. The van der Waals surface area contributed by atoms with Crippen molar-refractivity contribution in [1.82, 2.24) is 0 Å². The number of amidine groups is 1. The number of hydrogen-bond acceptors (Lipinski definition) is 3. The average Bonchev–Trinajstić information content (AvgIpc) is 3.25. The first-order valence-corrected chi connectivity index (χ1v) is 11.0. The molecule has 0 amide bonds. The zero-order chi connectivity index (χ0) is 24.9. The van der Waals surface area contributed by atoms with E-state index in [1.807, 2.05) is 6.92 Å². The van der Waals surface area contributed by atoms with Crippen molar-refractivity contribution in [2.75, 3.05) is 6.54 Å². The fourth-order valence-corrected chi connectivity index (χ4v) is 3.82. The summed E-state index contributed by atoms with van der Waals surface area (Å²) in [6.45, 7) is 5.33. The van der Waals surface area contributed by atoms with Crippen LogP contribution in [0.5, 0.6) is 0 Å². The highest BCUT2D eigenvalue weighted by molar-refractivity contribution is 6.17. The van der Waals surface area contributed by atoms with Gasteiger partial charge in [0.25, 0.3) is 0 Å². The van der Waals surface area contributed by atoms with E-state index in [1.165, 1.54) is 24.3 Å². The summed E-state index contributed by atoms with van der Waals surface area (Å²) in [4.78, 5) is 8.69. The molecule has 0 radical (unpaired) electrons. The molecule has 1 heterocycles. The predicted molar refractivity (Wildman–Crippen MR) is 124 cm³/mol. The third-order valence-corrected chi connectivity index (χ3v) is 5.61. The topological polar surface area (TPSA) is 50.8 Å². The number of halogens is 5. The van der Waals surface area contributed by atoms with Crippen LogP contribution >= 0.6 is 0 Å². The maximum Gasteiger partial charge on any atom is 0.393 e. The van der Waals surface area contributed by atoms with Crippen LogP contribution in [0, 0.1) is 5.21 Å². The molecule has 3 rings (SSSR count). The van der Waals surface area contributed by atoms with Gasteiger partial charge in [0.15, 0.2) is 5.84 Å². The Bertz CT molecular complexity index is 1110. The maximum absolute atomic E-state index is 14.1. The molecule has 0 aromatic heterocycles. The van der Waals surface area contributed by atoms with E-state index in [-0.39, 0.29) is 42.9 Å². The SMILES string of the molecule is C=[N+]([O-])c1cc(C2=NC(c3ccccc3CC(F)(F)F)=NC2)ccc1CCC(F)(F)CCCC. The van der Waals surface area contributed by atoms with Crippen LogP contribution in [0.3, 0.4) is 0 Å². The van der Waals surface area contributed by atoms with Crippen molar-refractivity contribution < 1.29 is 26.7 Å². The molecule has 0 saturated carbocycles. The van der Waals surface area contributed by atoms with Gasteiger partial charge in [-0.25, -0.2) is 13.8 Å². The van der Waals surface area contributed by atoms with E-state index in [4.69, 9.17) is 0 Å². The monoisotopic (exact) mass is 479 g/mol. The maximum atomic E-state index is 14.1. The molecule has 1 aliphatic rings. The smallest absolute Gasteiger partial charge is 0.393 e. The van der Waals surface area contributed by atoms with Crippen LogP contribution in [0.2, 0.25) is 0 Å². The third kappa shape index (κ3) is 6.71. The molecule has 34 heavy (non-hydrogen) atoms. The van der Waals surface area contributed by atoms with Gasteiger partial charge in [-0.1, -0.05) is 49.7 Å². The standard InChI is InChI=1S/C25H26F5N3O/c1-3-4-12-24(26,27)13-11-17-9-10-18(14-22(17)33(2)34)21-16-31-23(32-21)20-8-6-5-7-19(20)15-25(28,29)30/h5-10,14H,2-4,11-13,15-16H2,1H3. The van der Waals surface area contributed by atoms with E-state index >= 15 is 0 Å². The van der Waals surface area contributed by atoms with E-state index in [2.05, 4.69) is 16.7 Å². The van der Waals surface area contributed by atoms with Crippen molar-refractivity contribution in [3.05, 3.63) is 69.9 Å². The number of hydrogen-bond donors (Lipinski definition) is 0. The molecule has 0 N–H and O–H groups in total. The lowest BCUT2D eigenvalue weighted by atomic mass is 9.98. The Morgan fingerprint density at radius 3 is 2.44 bits per heavy atom. The quantitative estimate of drug-likeness (QED) is 0.124. The Morgan fingerprint density at radius 1 is 1.03 bits per heavy atom. The van der Waals surface area contributed by atoms with Gasteiger partial charge >= 0.3 is 6.18 Å². The molecule has 182 valence electrons. The summed E-state index contributed by atoms with van der Waals surface area (Å²) in [6.07, 6.45) is -4.93. The summed E-state index contributed by atoms with van der Waals surface area (Å²) in [5, 5.41) is 12.0. The lowest BCUT2D eigenvalue weighted by molar-refractivity contribution is -0.350. The number of benzene rings is 2. The zero-order valence-corrected chi connectivity index (χ0v) is 18.8. The molecule has 2 aromatic carbocycles. The van der Waals surface area contributed by atoms with Crippen molar-refractivity contribution >= 4 is 24.0 Å². The Balaban J connectivity index is 1.82. The zero-order valence-electron chi connectivity index (χ0n) is 18.8. The largest absolute Gasteiger partial charge is 0.619 e. The molecule has 4 nitrogen and oxygen atoms in total. The Hall–Kier alpha value is -3.10. The molecule has 0 bridgehead atoms. The van der Waals surface area contributed by atoms with E-state index < -0.39 is 18.5 Å². The summed E-state index contributed by atoms with van der Waals surface area (Å²) in [5.41, 5.74) is 1.97. The van der Waals surface area contributed by atoms with Gasteiger partial charge in [-0.3, -0.25) is 4.99 Å². The van der Waals surface area contributed by atoms with Crippen molar-refractivity contribution in [2.45, 2.75) is 57.5 Å². The highest BCUT2D eigenvalue weighted by Crippen LogP contribution is 2.31. The van der Waals surface area contributed by atoms with Gasteiger partial charge < -0.3 is 5.21 Å². The average molecular weight is 479 g/mol.